The van der Waals surface area contributed by atoms with E-state index in [4.69, 9.17) is 14.2 Å². The van der Waals surface area contributed by atoms with Gasteiger partial charge in [0.1, 0.15) is 0 Å². The van der Waals surface area contributed by atoms with Crippen LogP contribution in [0.2, 0.25) is 0 Å². The highest BCUT2D eigenvalue weighted by Gasteiger charge is 2.29. The number of piperidine rings is 1. The molecule has 0 bridgehead atoms. The van der Waals surface area contributed by atoms with Gasteiger partial charge in [0, 0.05) is 26.7 Å². The predicted octanol–water partition coefficient (Wildman–Crippen LogP) is 3.85. The number of hydrogen-bond acceptors (Lipinski definition) is 4. The summed E-state index contributed by atoms with van der Waals surface area (Å²) in [5, 5.41) is 0. The smallest absolute Gasteiger partial charge is 0.422 e. The third-order valence-corrected chi connectivity index (χ3v) is 4.74. The number of benzene rings is 1. The highest BCUT2D eigenvalue weighted by molar-refractivity contribution is 14.1. The monoisotopic (exact) mass is 459 g/mol. The zero-order chi connectivity index (χ0) is 17.7. The van der Waals surface area contributed by atoms with E-state index in [2.05, 4.69) is 4.90 Å². The van der Waals surface area contributed by atoms with E-state index in [0.717, 1.165) is 38.0 Å². The third kappa shape index (κ3) is 5.66. The second-order valence-corrected chi connectivity index (χ2v) is 6.89. The van der Waals surface area contributed by atoms with Crippen LogP contribution in [0.3, 0.4) is 0 Å². The molecule has 0 aromatic heterocycles. The lowest BCUT2D eigenvalue weighted by Crippen LogP contribution is -2.36. The number of halogens is 4. The van der Waals surface area contributed by atoms with Gasteiger partial charge < -0.3 is 14.2 Å². The van der Waals surface area contributed by atoms with Gasteiger partial charge in [-0.2, -0.15) is 13.2 Å². The molecule has 0 radical (unpaired) electrons. The Hall–Kier alpha value is -0.740. The van der Waals surface area contributed by atoms with Crippen molar-refractivity contribution in [3.63, 3.8) is 0 Å². The first-order chi connectivity index (χ1) is 11.3. The summed E-state index contributed by atoms with van der Waals surface area (Å²) in [6.45, 7) is 1.26. The largest absolute Gasteiger partial charge is 0.493 e. The van der Waals surface area contributed by atoms with Crippen molar-refractivity contribution in [2.75, 3.05) is 33.9 Å². The summed E-state index contributed by atoms with van der Waals surface area (Å²) in [4.78, 5) is 2.30. The number of rotatable bonds is 6. The molecule has 136 valence electrons. The molecule has 0 atom stereocenters. The molecule has 1 aromatic rings. The SMILES string of the molecule is COc1cc(CN2CCC(OC)CC2)cc(I)c1OCC(F)(F)F. The molecule has 4 nitrogen and oxygen atoms in total. The molecule has 0 spiro atoms. The summed E-state index contributed by atoms with van der Waals surface area (Å²) in [6.07, 6.45) is -2.10. The van der Waals surface area contributed by atoms with Gasteiger partial charge in [-0.3, -0.25) is 4.90 Å². The predicted molar refractivity (Wildman–Crippen MR) is 92.6 cm³/mol. The zero-order valence-electron chi connectivity index (χ0n) is 13.7. The van der Waals surface area contributed by atoms with Crippen molar-refractivity contribution in [2.45, 2.75) is 31.7 Å². The maximum absolute atomic E-state index is 12.4. The Morgan fingerprint density at radius 2 is 1.88 bits per heavy atom. The Kier molecular flexibility index (Phi) is 6.99. The molecular formula is C16H21F3INO3. The van der Waals surface area contributed by atoms with E-state index < -0.39 is 12.8 Å². The number of ether oxygens (including phenoxy) is 3. The lowest BCUT2D eigenvalue weighted by atomic mass is 10.1. The van der Waals surface area contributed by atoms with Crippen LogP contribution >= 0.6 is 22.6 Å². The van der Waals surface area contributed by atoms with Crippen molar-refractivity contribution in [3.05, 3.63) is 21.3 Å². The Balaban J connectivity index is 2.05. The highest BCUT2D eigenvalue weighted by Crippen LogP contribution is 2.35. The summed E-state index contributed by atoms with van der Waals surface area (Å²) in [5.74, 6) is 0.463. The van der Waals surface area contributed by atoms with Gasteiger partial charge in [-0.15, -0.1) is 0 Å². The Bertz CT molecular complexity index is 546. The number of methoxy groups -OCH3 is 2. The normalized spacial score (nSPS) is 17.1. The molecule has 0 aliphatic carbocycles. The minimum absolute atomic E-state index is 0.136. The van der Waals surface area contributed by atoms with Crippen LogP contribution in [0, 0.1) is 3.57 Å². The molecule has 24 heavy (non-hydrogen) atoms. The van der Waals surface area contributed by atoms with Crippen LogP contribution < -0.4 is 9.47 Å². The fraction of sp³-hybridized carbons (Fsp3) is 0.625. The van der Waals surface area contributed by atoms with Gasteiger partial charge in [-0.1, -0.05) is 0 Å². The van der Waals surface area contributed by atoms with Crippen molar-refractivity contribution >= 4 is 22.6 Å². The van der Waals surface area contributed by atoms with E-state index in [-0.39, 0.29) is 5.75 Å². The van der Waals surface area contributed by atoms with Gasteiger partial charge in [0.15, 0.2) is 18.1 Å². The van der Waals surface area contributed by atoms with Crippen LogP contribution in [0.25, 0.3) is 0 Å². The van der Waals surface area contributed by atoms with Gasteiger partial charge in [0.05, 0.1) is 16.8 Å². The average Bonchev–Trinajstić information content (AvgIpc) is 2.53. The van der Waals surface area contributed by atoms with Crippen LogP contribution in [0.1, 0.15) is 18.4 Å². The lowest BCUT2D eigenvalue weighted by molar-refractivity contribution is -0.153. The van der Waals surface area contributed by atoms with E-state index >= 15 is 0 Å². The van der Waals surface area contributed by atoms with Crippen LogP contribution in [0.4, 0.5) is 13.2 Å². The second kappa shape index (κ2) is 8.57. The fourth-order valence-electron chi connectivity index (χ4n) is 2.72. The summed E-state index contributed by atoms with van der Waals surface area (Å²) >= 11 is 1.98. The van der Waals surface area contributed by atoms with Gasteiger partial charge >= 0.3 is 6.18 Å². The summed E-state index contributed by atoms with van der Waals surface area (Å²) in [6, 6.07) is 3.59. The third-order valence-electron chi connectivity index (χ3n) is 3.94. The van der Waals surface area contributed by atoms with Crippen molar-refractivity contribution < 1.29 is 27.4 Å². The molecule has 1 aromatic carbocycles. The minimum atomic E-state index is -4.38. The van der Waals surface area contributed by atoms with Gasteiger partial charge in [-0.25, -0.2) is 0 Å². The summed E-state index contributed by atoms with van der Waals surface area (Å²) in [7, 11) is 3.16. The van der Waals surface area contributed by atoms with Crippen LogP contribution in [0.5, 0.6) is 11.5 Å². The van der Waals surface area contributed by atoms with Crippen LogP contribution in [0.15, 0.2) is 12.1 Å². The quantitative estimate of drug-likeness (QED) is 0.605. The second-order valence-electron chi connectivity index (χ2n) is 5.72. The Morgan fingerprint density at radius 1 is 1.21 bits per heavy atom. The lowest BCUT2D eigenvalue weighted by Gasteiger charge is -2.31. The molecule has 0 saturated carbocycles. The topological polar surface area (TPSA) is 30.9 Å². The number of likely N-dealkylation sites (tertiary alicyclic amines) is 1. The van der Waals surface area contributed by atoms with Crippen molar-refractivity contribution in [3.8, 4) is 11.5 Å². The van der Waals surface area contributed by atoms with Crippen LogP contribution in [-0.4, -0.2) is 51.1 Å². The summed E-state index contributed by atoms with van der Waals surface area (Å²) in [5.41, 5.74) is 0.992. The van der Waals surface area contributed by atoms with Crippen molar-refractivity contribution in [2.24, 2.45) is 0 Å². The maximum atomic E-state index is 12.4. The fourth-order valence-corrected chi connectivity index (χ4v) is 3.54. The van der Waals surface area contributed by atoms with E-state index in [1.807, 2.05) is 28.7 Å². The molecule has 2 rings (SSSR count). The maximum Gasteiger partial charge on any atom is 0.422 e. The van der Waals surface area contributed by atoms with Gasteiger partial charge in [0.2, 0.25) is 0 Å². The van der Waals surface area contributed by atoms with E-state index in [0.29, 0.717) is 15.4 Å². The molecule has 1 heterocycles. The zero-order valence-corrected chi connectivity index (χ0v) is 15.8. The minimum Gasteiger partial charge on any atom is -0.493 e. The van der Waals surface area contributed by atoms with Gasteiger partial charge in [-0.05, 0) is 53.1 Å². The van der Waals surface area contributed by atoms with E-state index in [1.54, 1.807) is 13.2 Å². The molecule has 1 aliphatic rings. The molecule has 0 N–H and O–H groups in total. The first-order valence-corrected chi connectivity index (χ1v) is 8.71. The first kappa shape index (κ1) is 19.6. The highest BCUT2D eigenvalue weighted by atomic mass is 127. The van der Waals surface area contributed by atoms with Gasteiger partial charge in [0.25, 0.3) is 0 Å². The molecule has 1 aliphatic heterocycles. The summed E-state index contributed by atoms with van der Waals surface area (Å²) < 4.78 is 53.2. The van der Waals surface area contributed by atoms with Crippen molar-refractivity contribution in [1.29, 1.82) is 0 Å². The molecule has 0 amide bonds. The first-order valence-electron chi connectivity index (χ1n) is 7.63. The number of hydrogen-bond donors (Lipinski definition) is 0. The molecule has 1 fully saturated rings. The van der Waals surface area contributed by atoms with E-state index in [9.17, 15) is 13.2 Å². The molecule has 1 saturated heterocycles. The standard InChI is InChI=1S/C16H21F3INO3/c1-22-12-3-5-21(6-4-12)9-11-7-13(20)15(14(8-11)23-2)24-10-16(17,18)19/h7-8,12H,3-6,9-10H2,1-2H3. The Labute approximate surface area is 153 Å². The molecule has 8 heteroatoms. The molecular weight excluding hydrogens is 438 g/mol. The van der Waals surface area contributed by atoms with Crippen molar-refractivity contribution in [1.82, 2.24) is 4.90 Å². The molecule has 0 unspecified atom stereocenters. The van der Waals surface area contributed by atoms with Crippen LogP contribution in [-0.2, 0) is 11.3 Å². The number of alkyl halides is 3. The average molecular weight is 459 g/mol. The van der Waals surface area contributed by atoms with E-state index in [1.165, 1.54) is 7.11 Å². The Morgan fingerprint density at radius 3 is 2.42 bits per heavy atom. The number of nitrogens with zero attached hydrogens (tertiary/aromatic N) is 1.